The predicted molar refractivity (Wildman–Crippen MR) is 160 cm³/mol. The highest BCUT2D eigenvalue weighted by Gasteiger charge is 2.31. The van der Waals surface area contributed by atoms with E-state index >= 15 is 0 Å². The Morgan fingerprint density at radius 1 is 0.976 bits per heavy atom. The van der Waals surface area contributed by atoms with Crippen LogP contribution in [0.4, 0.5) is 0 Å². The summed E-state index contributed by atoms with van der Waals surface area (Å²) in [4.78, 5) is 12.8. The Morgan fingerprint density at radius 3 is 2.45 bits per heavy atom. The van der Waals surface area contributed by atoms with E-state index in [9.17, 15) is 10.1 Å². The summed E-state index contributed by atoms with van der Waals surface area (Å²) in [5, 5.41) is 11.0. The number of allylic oxidation sites excluding steroid dienone is 1. The third-order valence-electron chi connectivity index (χ3n) is 6.46. The zero-order valence-corrected chi connectivity index (χ0v) is 24.3. The van der Waals surface area contributed by atoms with E-state index < -0.39 is 11.9 Å². The molecule has 0 radical (unpaired) electrons. The van der Waals surface area contributed by atoms with Gasteiger partial charge in [0.25, 0.3) is 0 Å². The number of carbonyl (C=O) groups excluding carboxylic acids is 1. The number of nitriles is 1. The summed E-state index contributed by atoms with van der Waals surface area (Å²) in [7, 11) is 0. The van der Waals surface area contributed by atoms with E-state index in [1.165, 1.54) is 0 Å². The maximum Gasteiger partial charge on any atom is 0.343 e. The van der Waals surface area contributed by atoms with Gasteiger partial charge >= 0.3 is 5.97 Å². The highest BCUT2D eigenvalue weighted by molar-refractivity contribution is 6.35. The van der Waals surface area contributed by atoms with Gasteiger partial charge in [-0.15, -0.1) is 0 Å². The lowest BCUT2D eigenvalue weighted by molar-refractivity contribution is 0.0734. The second kappa shape index (κ2) is 12.5. The van der Waals surface area contributed by atoms with E-state index in [1.807, 2.05) is 38.1 Å². The van der Waals surface area contributed by atoms with E-state index in [-0.39, 0.29) is 29.9 Å². The van der Waals surface area contributed by atoms with Crippen LogP contribution in [-0.4, -0.2) is 12.1 Å². The number of halogens is 2. The summed E-state index contributed by atoms with van der Waals surface area (Å²) < 4.78 is 23.0. The SMILES string of the molecule is CC(C)Oc1ccc(C(=O)Oc2ccc3c(c2)OC(N)=C(C#N)C3c2cccc(OCc3ccc(Cl)cc3Cl)c2)cc1. The zero-order chi connectivity index (χ0) is 29.8. The second-order valence-electron chi connectivity index (χ2n) is 9.80. The van der Waals surface area contributed by atoms with Crippen molar-refractivity contribution in [1.29, 1.82) is 5.26 Å². The summed E-state index contributed by atoms with van der Waals surface area (Å²) in [5.41, 5.74) is 9.05. The summed E-state index contributed by atoms with van der Waals surface area (Å²) in [6.07, 6.45) is 0.0219. The number of nitrogens with two attached hydrogens (primary N) is 1. The summed E-state index contributed by atoms with van der Waals surface area (Å²) in [5.74, 6) is 0.793. The van der Waals surface area contributed by atoms with Crippen molar-refractivity contribution in [3.8, 4) is 29.1 Å². The van der Waals surface area contributed by atoms with Gasteiger partial charge in [0.05, 0.1) is 17.6 Å². The number of ether oxygens (including phenoxy) is 4. The predicted octanol–water partition coefficient (Wildman–Crippen LogP) is 7.80. The molecular weight excluding hydrogens is 575 g/mol. The van der Waals surface area contributed by atoms with Crippen molar-refractivity contribution >= 4 is 29.2 Å². The molecule has 0 bridgehead atoms. The van der Waals surface area contributed by atoms with Gasteiger partial charge in [-0.1, -0.05) is 47.5 Å². The van der Waals surface area contributed by atoms with Crippen LogP contribution in [0.1, 0.15) is 46.8 Å². The molecule has 2 N–H and O–H groups in total. The highest BCUT2D eigenvalue weighted by Crippen LogP contribution is 2.44. The minimum absolute atomic E-state index is 0.0219. The zero-order valence-electron chi connectivity index (χ0n) is 22.8. The van der Waals surface area contributed by atoms with Crippen molar-refractivity contribution in [1.82, 2.24) is 0 Å². The standard InChI is InChI=1S/C33H26Cl2N2O5/c1-19(2)40-24-10-7-20(8-11-24)33(38)41-26-12-13-27-30(16-26)42-32(37)28(17-36)31(27)21-4-3-5-25(14-21)39-18-22-6-9-23(34)15-29(22)35/h3-16,19,31H,18,37H2,1-2H3. The second-order valence-corrected chi connectivity index (χ2v) is 10.6. The van der Waals surface area contributed by atoms with Gasteiger partial charge in [-0.05, 0) is 74.0 Å². The van der Waals surface area contributed by atoms with Gasteiger partial charge in [-0.3, -0.25) is 0 Å². The van der Waals surface area contributed by atoms with Crippen LogP contribution in [0.3, 0.4) is 0 Å². The fourth-order valence-corrected chi connectivity index (χ4v) is 5.00. The lowest BCUT2D eigenvalue weighted by Gasteiger charge is -2.27. The molecule has 7 nitrogen and oxygen atoms in total. The van der Waals surface area contributed by atoms with Gasteiger partial charge < -0.3 is 24.7 Å². The van der Waals surface area contributed by atoms with Crippen molar-refractivity contribution in [2.24, 2.45) is 5.73 Å². The van der Waals surface area contributed by atoms with Crippen molar-refractivity contribution in [3.05, 3.63) is 129 Å². The first kappa shape index (κ1) is 28.9. The van der Waals surface area contributed by atoms with E-state index in [0.717, 1.165) is 11.1 Å². The van der Waals surface area contributed by atoms with Gasteiger partial charge in [-0.2, -0.15) is 5.26 Å². The molecule has 1 aliphatic heterocycles. The summed E-state index contributed by atoms with van der Waals surface area (Å²) >= 11 is 12.3. The lowest BCUT2D eigenvalue weighted by atomic mass is 9.83. The van der Waals surface area contributed by atoms with Crippen molar-refractivity contribution in [2.75, 3.05) is 0 Å². The Hall–Kier alpha value is -4.64. The average Bonchev–Trinajstić information content (AvgIpc) is 2.96. The van der Waals surface area contributed by atoms with Crippen LogP contribution in [0, 0.1) is 11.3 Å². The van der Waals surface area contributed by atoms with Crippen LogP contribution in [0.25, 0.3) is 0 Å². The van der Waals surface area contributed by atoms with E-state index in [4.69, 9.17) is 47.9 Å². The molecule has 4 aromatic rings. The first-order chi connectivity index (χ1) is 20.2. The summed E-state index contributed by atoms with van der Waals surface area (Å²) in [6, 6.07) is 26.5. The quantitative estimate of drug-likeness (QED) is 0.162. The normalized spacial score (nSPS) is 14.0. The molecule has 9 heteroatoms. The first-order valence-electron chi connectivity index (χ1n) is 13.1. The molecule has 1 unspecified atom stereocenters. The molecule has 0 amide bonds. The number of hydrogen-bond donors (Lipinski definition) is 1. The Morgan fingerprint density at radius 2 is 1.74 bits per heavy atom. The molecule has 0 saturated carbocycles. The van der Waals surface area contributed by atoms with Gasteiger partial charge in [-0.25, -0.2) is 4.79 Å². The molecule has 4 aromatic carbocycles. The minimum Gasteiger partial charge on any atom is -0.491 e. The molecule has 1 heterocycles. The Labute approximate surface area is 253 Å². The molecule has 212 valence electrons. The molecule has 0 saturated heterocycles. The number of nitrogens with zero attached hydrogens (tertiary/aromatic N) is 1. The fraction of sp³-hybridized carbons (Fsp3) is 0.152. The Kier molecular flexibility index (Phi) is 8.58. The smallest absolute Gasteiger partial charge is 0.343 e. The van der Waals surface area contributed by atoms with Gasteiger partial charge in [0.1, 0.15) is 41.2 Å². The number of fused-ring (bicyclic) bond motifs is 1. The van der Waals surface area contributed by atoms with Crippen LogP contribution in [0.2, 0.25) is 10.0 Å². The van der Waals surface area contributed by atoms with Crippen molar-refractivity contribution < 1.29 is 23.7 Å². The largest absolute Gasteiger partial charge is 0.491 e. The molecule has 0 aromatic heterocycles. The molecule has 5 rings (SSSR count). The number of esters is 1. The van der Waals surface area contributed by atoms with Gasteiger partial charge in [0.2, 0.25) is 5.88 Å². The third-order valence-corrected chi connectivity index (χ3v) is 7.05. The Balaban J connectivity index is 1.37. The number of benzene rings is 4. The maximum absolute atomic E-state index is 12.8. The van der Waals surface area contributed by atoms with Gasteiger partial charge in [0, 0.05) is 27.2 Å². The molecule has 1 aliphatic rings. The number of rotatable bonds is 8. The minimum atomic E-state index is -0.537. The highest BCUT2D eigenvalue weighted by atomic mass is 35.5. The molecule has 0 aliphatic carbocycles. The van der Waals surface area contributed by atoms with Crippen molar-refractivity contribution in [3.63, 3.8) is 0 Å². The topological polar surface area (TPSA) is 104 Å². The maximum atomic E-state index is 12.8. The molecular formula is C33H26Cl2N2O5. The lowest BCUT2D eigenvalue weighted by Crippen LogP contribution is -2.21. The summed E-state index contributed by atoms with van der Waals surface area (Å²) in [6.45, 7) is 4.08. The van der Waals surface area contributed by atoms with E-state index in [0.29, 0.717) is 38.4 Å². The van der Waals surface area contributed by atoms with Gasteiger partial charge in [0.15, 0.2) is 0 Å². The van der Waals surface area contributed by atoms with Crippen molar-refractivity contribution in [2.45, 2.75) is 32.5 Å². The van der Waals surface area contributed by atoms with Crippen LogP contribution in [0.5, 0.6) is 23.0 Å². The molecule has 0 fully saturated rings. The Bertz CT molecular complexity index is 1710. The average molecular weight is 601 g/mol. The third kappa shape index (κ3) is 6.46. The number of carbonyl (C=O) groups is 1. The molecule has 0 spiro atoms. The fourth-order valence-electron chi connectivity index (χ4n) is 4.53. The van der Waals surface area contributed by atoms with Crippen LogP contribution in [0.15, 0.2) is 96.4 Å². The monoisotopic (exact) mass is 600 g/mol. The van der Waals surface area contributed by atoms with Crippen LogP contribution in [-0.2, 0) is 6.61 Å². The number of hydrogen-bond acceptors (Lipinski definition) is 7. The first-order valence-corrected chi connectivity index (χ1v) is 13.8. The molecule has 42 heavy (non-hydrogen) atoms. The molecule has 1 atom stereocenters. The van der Waals surface area contributed by atoms with Crippen LogP contribution < -0.4 is 24.7 Å². The van der Waals surface area contributed by atoms with E-state index in [1.54, 1.807) is 60.7 Å². The van der Waals surface area contributed by atoms with Crippen LogP contribution >= 0.6 is 23.2 Å². The van der Waals surface area contributed by atoms with E-state index in [2.05, 4.69) is 6.07 Å².